The van der Waals surface area contributed by atoms with E-state index in [-0.39, 0.29) is 41.2 Å². The fourth-order valence-electron chi connectivity index (χ4n) is 6.18. The van der Waals surface area contributed by atoms with Crippen molar-refractivity contribution in [2.75, 3.05) is 64.1 Å². The predicted octanol–water partition coefficient (Wildman–Crippen LogP) is 4.56. The summed E-state index contributed by atoms with van der Waals surface area (Å²) < 4.78 is 71.2. The molecule has 236 valence electrons. The summed E-state index contributed by atoms with van der Waals surface area (Å²) in [5, 5.41) is 12.2. The molecule has 0 bridgehead atoms. The number of nitrogens with one attached hydrogen (secondary N) is 2. The van der Waals surface area contributed by atoms with E-state index in [1.165, 1.54) is 42.1 Å². The number of fused-ring (bicyclic) bond motifs is 1. The standard InChI is InChI=1S/C30H35F3N6O4S/c31-25-23(16-19-15-20(34)18-35-26(19)27(25)39-11-7-30(32,33)8-12-39)36-28(41)22-2-1-21(37-44(42,43)14-13-40)17-24(22)38-9-5-29(3-4-29)6-10-38/h1-2,15-18,37,40H,3-14,34H2,(H,36,41). The van der Waals surface area contributed by atoms with E-state index in [4.69, 9.17) is 10.8 Å². The zero-order valence-corrected chi connectivity index (χ0v) is 24.9. The third-order valence-electron chi connectivity index (χ3n) is 8.96. The number of aliphatic hydroxyl groups is 1. The van der Waals surface area contributed by atoms with Crippen LogP contribution in [-0.4, -0.2) is 68.9 Å². The number of rotatable bonds is 8. The Balaban J connectivity index is 1.35. The van der Waals surface area contributed by atoms with Crippen LogP contribution in [-0.2, 0) is 10.0 Å². The number of hydrogen-bond acceptors (Lipinski definition) is 8. The quantitative estimate of drug-likeness (QED) is 0.284. The molecule has 1 aliphatic carbocycles. The molecule has 2 saturated heterocycles. The Labute approximate surface area is 253 Å². The molecule has 1 aromatic heterocycles. The van der Waals surface area contributed by atoms with E-state index in [2.05, 4.69) is 15.0 Å². The highest BCUT2D eigenvalue weighted by molar-refractivity contribution is 7.92. The summed E-state index contributed by atoms with van der Waals surface area (Å²) in [7, 11) is -3.81. The smallest absolute Gasteiger partial charge is 0.257 e. The molecule has 3 aliphatic rings. The topological polar surface area (TPSA) is 141 Å². The maximum atomic E-state index is 16.2. The van der Waals surface area contributed by atoms with Crippen LogP contribution in [0.3, 0.4) is 0 Å². The third-order valence-corrected chi connectivity index (χ3v) is 10.2. The Bertz CT molecular complexity index is 1700. The molecule has 0 atom stereocenters. The molecule has 3 fully saturated rings. The zero-order chi connectivity index (χ0) is 31.3. The van der Waals surface area contributed by atoms with Crippen LogP contribution in [0.2, 0.25) is 0 Å². The first-order valence-corrected chi connectivity index (χ1v) is 16.4. The van der Waals surface area contributed by atoms with Crippen LogP contribution in [0.1, 0.15) is 48.9 Å². The second-order valence-electron chi connectivity index (χ2n) is 12.1. The van der Waals surface area contributed by atoms with Gasteiger partial charge in [-0.25, -0.2) is 21.6 Å². The predicted molar refractivity (Wildman–Crippen MR) is 165 cm³/mol. The highest BCUT2D eigenvalue weighted by Crippen LogP contribution is 2.54. The molecule has 1 saturated carbocycles. The molecular weight excluding hydrogens is 597 g/mol. The molecule has 14 heteroatoms. The summed E-state index contributed by atoms with van der Waals surface area (Å²) in [4.78, 5) is 21.7. The summed E-state index contributed by atoms with van der Waals surface area (Å²) in [5.74, 6) is -4.73. The number of hydrogen-bond donors (Lipinski definition) is 4. The van der Waals surface area contributed by atoms with E-state index in [0.29, 0.717) is 35.3 Å². The Hall–Kier alpha value is -3.78. The number of pyridine rings is 1. The number of benzene rings is 2. The lowest BCUT2D eigenvalue weighted by molar-refractivity contribution is -0.0221. The van der Waals surface area contributed by atoms with E-state index < -0.39 is 52.9 Å². The van der Waals surface area contributed by atoms with Crippen molar-refractivity contribution in [1.82, 2.24) is 4.98 Å². The first-order valence-electron chi connectivity index (χ1n) is 14.7. The normalized spacial score (nSPS) is 19.3. The van der Waals surface area contributed by atoms with Gasteiger partial charge in [0.1, 0.15) is 5.69 Å². The number of aromatic nitrogens is 1. The monoisotopic (exact) mass is 632 g/mol. The van der Waals surface area contributed by atoms with Crippen molar-refractivity contribution < 1.29 is 31.5 Å². The lowest BCUT2D eigenvalue weighted by Crippen LogP contribution is -2.40. The van der Waals surface area contributed by atoms with Gasteiger partial charge < -0.3 is 26.0 Å². The number of carbonyl (C=O) groups excluding carboxylic acids is 1. The van der Waals surface area contributed by atoms with Crippen LogP contribution < -0.4 is 25.6 Å². The Kier molecular flexibility index (Phi) is 7.77. The number of nitrogens with two attached hydrogens (primary N) is 1. The number of sulfonamides is 1. The van der Waals surface area contributed by atoms with Gasteiger partial charge in [0.2, 0.25) is 10.0 Å². The van der Waals surface area contributed by atoms with Gasteiger partial charge in [-0.3, -0.25) is 14.5 Å². The van der Waals surface area contributed by atoms with Crippen molar-refractivity contribution in [2.24, 2.45) is 5.41 Å². The average Bonchev–Trinajstić information content (AvgIpc) is 3.72. The molecule has 6 rings (SSSR count). The van der Waals surface area contributed by atoms with Crippen molar-refractivity contribution in [3.05, 3.63) is 47.9 Å². The molecule has 3 aromatic rings. The van der Waals surface area contributed by atoms with Crippen LogP contribution in [0.5, 0.6) is 0 Å². The maximum absolute atomic E-state index is 16.2. The van der Waals surface area contributed by atoms with Crippen molar-refractivity contribution in [3.8, 4) is 0 Å². The van der Waals surface area contributed by atoms with Crippen molar-refractivity contribution in [1.29, 1.82) is 0 Å². The lowest BCUT2D eigenvalue weighted by Gasteiger charge is -2.35. The van der Waals surface area contributed by atoms with Gasteiger partial charge in [0, 0.05) is 44.4 Å². The summed E-state index contributed by atoms with van der Waals surface area (Å²) in [5.41, 5.74) is 7.67. The van der Waals surface area contributed by atoms with Gasteiger partial charge in [-0.1, -0.05) is 0 Å². The molecule has 0 unspecified atom stereocenters. The van der Waals surface area contributed by atoms with Crippen molar-refractivity contribution in [2.45, 2.75) is 44.4 Å². The third kappa shape index (κ3) is 6.23. The first-order chi connectivity index (χ1) is 20.9. The van der Waals surface area contributed by atoms with Gasteiger partial charge >= 0.3 is 0 Å². The number of nitrogen functional groups attached to an aromatic ring is 1. The van der Waals surface area contributed by atoms with Gasteiger partial charge in [-0.15, -0.1) is 0 Å². The zero-order valence-electron chi connectivity index (χ0n) is 24.1. The highest BCUT2D eigenvalue weighted by atomic mass is 32.2. The average molecular weight is 633 g/mol. The van der Waals surface area contributed by atoms with Crippen molar-refractivity contribution >= 4 is 55.3 Å². The molecule has 2 aromatic carbocycles. The van der Waals surface area contributed by atoms with Crippen LogP contribution in [0.15, 0.2) is 36.5 Å². The molecule has 10 nitrogen and oxygen atoms in total. The fraction of sp³-hybridized carbons (Fsp3) is 0.467. The van der Waals surface area contributed by atoms with E-state index in [1.54, 1.807) is 12.1 Å². The second kappa shape index (κ2) is 11.3. The first kappa shape index (κ1) is 30.3. The van der Waals surface area contributed by atoms with Gasteiger partial charge in [-0.2, -0.15) is 0 Å². The molecule has 5 N–H and O–H groups in total. The molecule has 1 amide bonds. The number of amides is 1. The molecule has 44 heavy (non-hydrogen) atoms. The molecule has 0 radical (unpaired) electrons. The largest absolute Gasteiger partial charge is 0.397 e. The number of aliphatic hydroxyl groups excluding tert-OH is 1. The van der Waals surface area contributed by atoms with Crippen LogP contribution in [0.4, 0.5) is 41.6 Å². The van der Waals surface area contributed by atoms with Gasteiger partial charge in [0.15, 0.2) is 5.82 Å². The number of nitrogens with zero attached hydrogens (tertiary/aromatic N) is 3. The number of anilines is 5. The number of halogens is 3. The van der Waals surface area contributed by atoms with E-state index in [0.717, 1.165) is 12.8 Å². The molecular formula is C30H35F3N6O4S. The molecule has 3 heterocycles. The Morgan fingerprint density at radius 3 is 2.34 bits per heavy atom. The van der Waals surface area contributed by atoms with Crippen LogP contribution in [0, 0.1) is 11.2 Å². The minimum atomic E-state index is -3.81. The summed E-state index contributed by atoms with van der Waals surface area (Å²) in [6.45, 7) is 0.628. The number of piperidine rings is 2. The fourth-order valence-corrected chi connectivity index (χ4v) is 7.01. The SMILES string of the molecule is Nc1cnc2c(N3CCC(F)(F)CC3)c(F)c(NC(=O)c3ccc(NS(=O)(=O)CCO)cc3N3CCC4(CC3)CC4)cc2c1. The number of alkyl halides is 2. The van der Waals surface area contributed by atoms with Crippen molar-refractivity contribution in [3.63, 3.8) is 0 Å². The van der Waals surface area contributed by atoms with E-state index >= 15 is 4.39 Å². The molecule has 1 spiro atoms. The van der Waals surface area contributed by atoms with Crippen LogP contribution in [0.25, 0.3) is 10.9 Å². The second-order valence-corrected chi connectivity index (χ2v) is 13.9. The Morgan fingerprint density at radius 1 is 1.00 bits per heavy atom. The van der Waals surface area contributed by atoms with Gasteiger partial charge in [-0.05, 0) is 61.4 Å². The Morgan fingerprint density at radius 2 is 1.68 bits per heavy atom. The van der Waals surface area contributed by atoms with Crippen LogP contribution >= 0.6 is 0 Å². The summed E-state index contributed by atoms with van der Waals surface area (Å²) >= 11 is 0. The van der Waals surface area contributed by atoms with E-state index in [9.17, 15) is 22.0 Å². The highest BCUT2D eigenvalue weighted by Gasteiger charge is 2.44. The maximum Gasteiger partial charge on any atom is 0.257 e. The summed E-state index contributed by atoms with van der Waals surface area (Å²) in [6.07, 6.45) is 4.73. The lowest BCUT2D eigenvalue weighted by atomic mass is 9.93. The minimum Gasteiger partial charge on any atom is -0.397 e. The molecule has 2 aliphatic heterocycles. The minimum absolute atomic E-state index is 0.0212. The summed E-state index contributed by atoms with van der Waals surface area (Å²) in [6, 6.07) is 7.51. The number of carbonyl (C=O) groups is 1. The van der Waals surface area contributed by atoms with Gasteiger partial charge in [0.05, 0.1) is 52.4 Å². The van der Waals surface area contributed by atoms with Gasteiger partial charge in [0.25, 0.3) is 11.8 Å². The van der Waals surface area contributed by atoms with E-state index in [1.807, 2.05) is 4.90 Å².